The second-order valence-corrected chi connectivity index (χ2v) is 6.93. The minimum absolute atomic E-state index is 0.137. The predicted octanol–water partition coefficient (Wildman–Crippen LogP) is 2.92. The molecule has 3 N–H and O–H groups in total. The minimum Gasteiger partial charge on any atom is -0.445 e. The first kappa shape index (κ1) is 19.4. The summed E-state index contributed by atoms with van der Waals surface area (Å²) >= 11 is 0. The molecule has 0 aromatic heterocycles. The highest BCUT2D eigenvalue weighted by Crippen LogP contribution is 2.31. The second-order valence-electron chi connectivity index (χ2n) is 6.93. The number of likely N-dealkylation sites (tertiary alicyclic amines) is 1. The molecule has 1 saturated heterocycles. The van der Waals surface area contributed by atoms with Crippen molar-refractivity contribution >= 4 is 23.6 Å². The van der Waals surface area contributed by atoms with Crippen LogP contribution in [0.3, 0.4) is 0 Å². The standard InChI is InChI=1S/C21H23N3O4/c1-21(19(26)23-17-11-6-5-10-16(17)18(22)25)12-7-13-24(21)20(27)28-14-15-8-3-2-4-9-15/h2-6,8-11H,7,12-14H2,1H3,(H2,22,25)(H,23,26). The Morgan fingerprint density at radius 1 is 1.11 bits per heavy atom. The summed E-state index contributed by atoms with van der Waals surface area (Å²) in [6.07, 6.45) is 0.641. The molecule has 1 unspecified atom stereocenters. The number of hydrogen-bond donors (Lipinski definition) is 2. The van der Waals surface area contributed by atoms with Crippen LogP contribution in [0.4, 0.5) is 10.5 Å². The number of hydrogen-bond acceptors (Lipinski definition) is 4. The summed E-state index contributed by atoms with van der Waals surface area (Å²) in [6.45, 7) is 2.26. The van der Waals surface area contributed by atoms with Gasteiger partial charge >= 0.3 is 6.09 Å². The Bertz CT molecular complexity index is 884. The molecule has 0 saturated carbocycles. The third kappa shape index (κ3) is 3.98. The average molecular weight is 381 g/mol. The Hall–Kier alpha value is -3.35. The van der Waals surface area contributed by atoms with E-state index in [-0.39, 0.29) is 18.1 Å². The molecule has 0 radical (unpaired) electrons. The van der Waals surface area contributed by atoms with Crippen LogP contribution < -0.4 is 11.1 Å². The zero-order valence-corrected chi connectivity index (χ0v) is 15.7. The Morgan fingerprint density at radius 3 is 2.50 bits per heavy atom. The number of nitrogens with one attached hydrogen (secondary N) is 1. The lowest BCUT2D eigenvalue weighted by Crippen LogP contribution is -2.53. The van der Waals surface area contributed by atoms with Gasteiger partial charge in [-0.05, 0) is 37.5 Å². The fourth-order valence-electron chi connectivity index (χ4n) is 3.35. The molecule has 3 amide bonds. The fraction of sp³-hybridized carbons (Fsp3) is 0.286. The molecule has 1 atom stereocenters. The van der Waals surface area contributed by atoms with E-state index >= 15 is 0 Å². The molecule has 7 heteroatoms. The van der Waals surface area contributed by atoms with Crippen molar-refractivity contribution in [1.82, 2.24) is 4.90 Å². The van der Waals surface area contributed by atoms with Crippen molar-refractivity contribution in [3.05, 3.63) is 65.7 Å². The van der Waals surface area contributed by atoms with Gasteiger partial charge in [0.15, 0.2) is 0 Å². The summed E-state index contributed by atoms with van der Waals surface area (Å²) < 4.78 is 5.40. The molecule has 2 aromatic rings. The maximum Gasteiger partial charge on any atom is 0.410 e. The lowest BCUT2D eigenvalue weighted by Gasteiger charge is -2.33. The third-order valence-corrected chi connectivity index (χ3v) is 5.00. The minimum atomic E-state index is -1.07. The molecule has 1 heterocycles. The van der Waals surface area contributed by atoms with Gasteiger partial charge in [0.1, 0.15) is 12.1 Å². The van der Waals surface area contributed by atoms with E-state index in [0.717, 1.165) is 5.56 Å². The zero-order valence-electron chi connectivity index (χ0n) is 15.7. The second kappa shape index (κ2) is 8.12. The number of carbonyl (C=O) groups is 3. The average Bonchev–Trinajstić information content (AvgIpc) is 3.10. The normalized spacial score (nSPS) is 18.5. The molecular formula is C21H23N3O4. The fourth-order valence-corrected chi connectivity index (χ4v) is 3.35. The summed E-state index contributed by atoms with van der Waals surface area (Å²) in [6, 6.07) is 15.9. The van der Waals surface area contributed by atoms with Crippen LogP contribution >= 0.6 is 0 Å². The maximum atomic E-state index is 13.0. The van der Waals surface area contributed by atoms with Gasteiger partial charge in [0.2, 0.25) is 5.91 Å². The summed E-state index contributed by atoms with van der Waals surface area (Å²) in [5.41, 5.74) is 5.72. The van der Waals surface area contributed by atoms with Crippen LogP contribution in [0, 0.1) is 0 Å². The molecule has 0 spiro atoms. The molecule has 0 bridgehead atoms. The Labute approximate surface area is 163 Å². The van der Waals surface area contributed by atoms with Crippen molar-refractivity contribution < 1.29 is 19.1 Å². The smallest absolute Gasteiger partial charge is 0.410 e. The monoisotopic (exact) mass is 381 g/mol. The van der Waals surface area contributed by atoms with E-state index < -0.39 is 17.5 Å². The van der Waals surface area contributed by atoms with Gasteiger partial charge in [0, 0.05) is 6.54 Å². The van der Waals surface area contributed by atoms with E-state index in [4.69, 9.17) is 10.5 Å². The molecular weight excluding hydrogens is 358 g/mol. The molecule has 3 rings (SSSR count). The number of para-hydroxylation sites is 1. The number of nitrogens with zero attached hydrogens (tertiary/aromatic N) is 1. The van der Waals surface area contributed by atoms with Gasteiger partial charge in [-0.25, -0.2) is 4.79 Å². The highest BCUT2D eigenvalue weighted by Gasteiger charge is 2.46. The van der Waals surface area contributed by atoms with Gasteiger partial charge in [-0.1, -0.05) is 42.5 Å². The molecule has 28 heavy (non-hydrogen) atoms. The predicted molar refractivity (Wildman–Crippen MR) is 105 cm³/mol. The zero-order chi connectivity index (χ0) is 20.1. The van der Waals surface area contributed by atoms with Crippen molar-refractivity contribution in [1.29, 1.82) is 0 Å². The summed E-state index contributed by atoms with van der Waals surface area (Å²) in [7, 11) is 0. The Kier molecular flexibility index (Phi) is 5.63. The summed E-state index contributed by atoms with van der Waals surface area (Å²) in [4.78, 5) is 38.6. The first-order valence-corrected chi connectivity index (χ1v) is 9.10. The topological polar surface area (TPSA) is 102 Å². The van der Waals surface area contributed by atoms with Crippen molar-refractivity contribution in [2.45, 2.75) is 31.9 Å². The van der Waals surface area contributed by atoms with Crippen LogP contribution in [-0.2, 0) is 16.1 Å². The molecule has 7 nitrogen and oxygen atoms in total. The van der Waals surface area contributed by atoms with Crippen molar-refractivity contribution in [2.75, 3.05) is 11.9 Å². The quantitative estimate of drug-likeness (QED) is 0.831. The van der Waals surface area contributed by atoms with Crippen molar-refractivity contribution in [2.24, 2.45) is 5.73 Å². The summed E-state index contributed by atoms with van der Waals surface area (Å²) in [5, 5.41) is 2.74. The lowest BCUT2D eigenvalue weighted by atomic mass is 9.97. The van der Waals surface area contributed by atoms with Gasteiger partial charge in [-0.2, -0.15) is 0 Å². The molecule has 1 aliphatic heterocycles. The van der Waals surface area contributed by atoms with Crippen LogP contribution in [-0.4, -0.2) is 34.9 Å². The number of carbonyl (C=O) groups excluding carboxylic acids is 3. The number of primary amides is 1. The van der Waals surface area contributed by atoms with E-state index in [9.17, 15) is 14.4 Å². The van der Waals surface area contributed by atoms with E-state index in [1.165, 1.54) is 4.90 Å². The van der Waals surface area contributed by atoms with E-state index in [2.05, 4.69) is 5.32 Å². The van der Waals surface area contributed by atoms with Crippen molar-refractivity contribution in [3.8, 4) is 0 Å². The lowest BCUT2D eigenvalue weighted by molar-refractivity contribution is -0.125. The van der Waals surface area contributed by atoms with Crippen LogP contribution in [0.5, 0.6) is 0 Å². The highest BCUT2D eigenvalue weighted by atomic mass is 16.6. The van der Waals surface area contributed by atoms with Gasteiger partial charge in [-0.15, -0.1) is 0 Å². The van der Waals surface area contributed by atoms with Crippen LogP contribution in [0.25, 0.3) is 0 Å². The molecule has 1 fully saturated rings. The summed E-state index contributed by atoms with van der Waals surface area (Å²) in [5.74, 6) is -1.01. The van der Waals surface area contributed by atoms with Crippen LogP contribution in [0.1, 0.15) is 35.7 Å². The first-order chi connectivity index (χ1) is 13.4. The molecule has 2 aromatic carbocycles. The van der Waals surface area contributed by atoms with E-state index in [0.29, 0.717) is 25.1 Å². The van der Waals surface area contributed by atoms with Gasteiger partial charge < -0.3 is 15.8 Å². The largest absolute Gasteiger partial charge is 0.445 e. The highest BCUT2D eigenvalue weighted by molar-refractivity contribution is 6.06. The molecule has 146 valence electrons. The number of ether oxygens (including phenoxy) is 1. The number of anilines is 1. The van der Waals surface area contributed by atoms with E-state index in [1.54, 1.807) is 31.2 Å². The Morgan fingerprint density at radius 2 is 1.79 bits per heavy atom. The number of amides is 3. The first-order valence-electron chi connectivity index (χ1n) is 9.10. The van der Waals surface area contributed by atoms with Crippen LogP contribution in [0.2, 0.25) is 0 Å². The Balaban J connectivity index is 1.71. The molecule has 0 aliphatic carbocycles. The SMILES string of the molecule is CC1(C(=O)Nc2ccccc2C(N)=O)CCCN1C(=O)OCc1ccccc1. The van der Waals surface area contributed by atoms with Gasteiger partial charge in [-0.3, -0.25) is 14.5 Å². The number of rotatable bonds is 5. The third-order valence-electron chi connectivity index (χ3n) is 5.00. The number of nitrogens with two attached hydrogens (primary N) is 1. The van der Waals surface area contributed by atoms with Crippen molar-refractivity contribution in [3.63, 3.8) is 0 Å². The maximum absolute atomic E-state index is 13.0. The van der Waals surface area contributed by atoms with Gasteiger partial charge in [0.25, 0.3) is 5.91 Å². The number of benzene rings is 2. The van der Waals surface area contributed by atoms with Crippen LogP contribution in [0.15, 0.2) is 54.6 Å². The van der Waals surface area contributed by atoms with E-state index in [1.807, 2.05) is 30.3 Å². The van der Waals surface area contributed by atoms with Gasteiger partial charge in [0.05, 0.1) is 11.3 Å². The molecule has 1 aliphatic rings.